The minimum absolute atomic E-state index is 0.0200. The predicted molar refractivity (Wildman–Crippen MR) is 146 cm³/mol. The van der Waals surface area contributed by atoms with Gasteiger partial charge in [-0.25, -0.2) is 22.3 Å². The number of hydrazone groups is 1. The second-order valence-corrected chi connectivity index (χ2v) is 13.7. The van der Waals surface area contributed by atoms with E-state index in [1.807, 2.05) is 0 Å². The number of benzene rings is 2. The van der Waals surface area contributed by atoms with Gasteiger partial charge in [0.05, 0.1) is 23.5 Å². The molecule has 5 rings (SSSR count). The van der Waals surface area contributed by atoms with E-state index < -0.39 is 26.0 Å². The van der Waals surface area contributed by atoms with Gasteiger partial charge in [0.15, 0.2) is 5.78 Å². The summed E-state index contributed by atoms with van der Waals surface area (Å²) < 4.78 is 56.0. The number of hydrogen-bond acceptors (Lipinski definition) is 9. The van der Waals surface area contributed by atoms with Crippen LogP contribution in [0.25, 0.3) is 0 Å². The fourth-order valence-electron chi connectivity index (χ4n) is 3.72. The average molecular weight is 587 g/mol. The summed E-state index contributed by atoms with van der Waals surface area (Å²) >= 11 is 2.01. The molecule has 4 aromatic rings. The van der Waals surface area contributed by atoms with Crippen molar-refractivity contribution in [2.24, 2.45) is 5.10 Å². The number of nitrogens with zero attached hydrogens (tertiary/aromatic N) is 1. The molecule has 0 saturated carbocycles. The molecule has 1 aliphatic rings. The molecule has 1 aliphatic carbocycles. The van der Waals surface area contributed by atoms with Gasteiger partial charge in [0.1, 0.15) is 8.42 Å². The van der Waals surface area contributed by atoms with Crippen molar-refractivity contribution in [3.8, 4) is 0 Å². The monoisotopic (exact) mass is 586 g/mol. The molecule has 0 saturated heterocycles. The first-order valence-corrected chi connectivity index (χ1v) is 15.6. The minimum Gasteiger partial charge on any atom is -0.294 e. The molecule has 194 valence electrons. The fraction of sp³-hybridized carbons (Fsp3) is 0.0417. The first-order chi connectivity index (χ1) is 18.1. The zero-order chi connectivity index (χ0) is 26.9. The van der Waals surface area contributed by atoms with Crippen LogP contribution in [0.4, 0.5) is 11.4 Å². The fourth-order valence-corrected chi connectivity index (χ4v) is 7.79. The number of ketones is 1. The Kier molecular flexibility index (Phi) is 6.88. The molecule has 3 N–H and O–H groups in total. The van der Waals surface area contributed by atoms with Crippen molar-refractivity contribution in [1.29, 1.82) is 0 Å². The zero-order valence-electron chi connectivity index (χ0n) is 19.2. The molecule has 0 unspecified atom stereocenters. The van der Waals surface area contributed by atoms with E-state index in [1.165, 1.54) is 30.3 Å². The number of carbonyl (C=O) groups excluding carboxylic acids is 2. The number of fused-ring (bicyclic) bond motifs is 1. The van der Waals surface area contributed by atoms with Gasteiger partial charge in [-0.1, -0.05) is 36.4 Å². The lowest BCUT2D eigenvalue weighted by Crippen LogP contribution is -2.21. The number of sulfonamides is 2. The molecule has 0 spiro atoms. The Balaban J connectivity index is 1.47. The van der Waals surface area contributed by atoms with Crippen molar-refractivity contribution in [2.45, 2.75) is 14.8 Å². The quantitative estimate of drug-likeness (QED) is 0.264. The van der Waals surface area contributed by atoms with Crippen LogP contribution in [0, 0.1) is 0 Å². The van der Waals surface area contributed by atoms with E-state index in [0.717, 1.165) is 22.7 Å². The van der Waals surface area contributed by atoms with Crippen molar-refractivity contribution in [3.05, 3.63) is 94.2 Å². The topological polar surface area (TPSA) is 151 Å². The van der Waals surface area contributed by atoms with Crippen LogP contribution in [-0.2, 0) is 20.0 Å². The molecular formula is C24H18N4O6S4. The smallest absolute Gasteiger partial charge is 0.271 e. The molecule has 2 aromatic carbocycles. The number of anilines is 2. The zero-order valence-corrected chi connectivity index (χ0v) is 22.5. The van der Waals surface area contributed by atoms with E-state index in [9.17, 15) is 26.4 Å². The Morgan fingerprint density at radius 2 is 1.32 bits per heavy atom. The summed E-state index contributed by atoms with van der Waals surface area (Å²) in [6, 6.07) is 16.7. The third kappa shape index (κ3) is 5.38. The highest BCUT2D eigenvalue weighted by atomic mass is 32.3. The lowest BCUT2D eigenvalue weighted by atomic mass is 10.1. The standard InChI is InChI=1S/C24H18N4O6S4/c29-21-14-20(18-5-1-2-6-19(18)21)25-26-24(30)15-11-16(27-37(31,32)22-7-3-9-35-22)13-17(12-15)28-38(33,34)23-8-4-10-36-23/h1-13,27-28H,14H2,(H,26,30)/b25-20-. The van der Waals surface area contributed by atoms with Gasteiger partial charge in [-0.3, -0.25) is 19.0 Å². The average Bonchev–Trinajstić information content (AvgIpc) is 3.64. The summed E-state index contributed by atoms with van der Waals surface area (Å²) in [4.78, 5) is 25.3. The van der Waals surface area contributed by atoms with Crippen molar-refractivity contribution in [1.82, 2.24) is 5.43 Å². The van der Waals surface area contributed by atoms with E-state index >= 15 is 0 Å². The minimum atomic E-state index is -3.98. The van der Waals surface area contributed by atoms with E-state index in [-0.39, 0.29) is 37.6 Å². The van der Waals surface area contributed by atoms with Crippen molar-refractivity contribution in [3.63, 3.8) is 0 Å². The van der Waals surface area contributed by atoms with Crippen LogP contribution in [-0.4, -0.2) is 34.2 Å². The Morgan fingerprint density at radius 3 is 1.84 bits per heavy atom. The van der Waals surface area contributed by atoms with Crippen LogP contribution in [0.3, 0.4) is 0 Å². The number of nitrogens with one attached hydrogen (secondary N) is 3. The molecule has 10 nitrogen and oxygen atoms in total. The summed E-state index contributed by atoms with van der Waals surface area (Å²) in [5.74, 6) is -0.855. The lowest BCUT2D eigenvalue weighted by molar-refractivity contribution is 0.0952. The third-order valence-electron chi connectivity index (χ3n) is 5.38. The number of Topliss-reactive ketones (excluding diaryl/α,β-unsaturated/α-hetero) is 1. The predicted octanol–water partition coefficient (Wildman–Crippen LogP) is 4.13. The molecule has 0 fully saturated rings. The molecule has 2 aromatic heterocycles. The Hall–Kier alpha value is -3.85. The Bertz CT molecular complexity index is 1690. The second-order valence-electron chi connectivity index (χ2n) is 8.02. The maximum absolute atomic E-state index is 13.0. The number of carbonyl (C=O) groups is 2. The second kappa shape index (κ2) is 10.1. The van der Waals surface area contributed by atoms with Crippen LogP contribution < -0.4 is 14.9 Å². The normalized spacial score (nSPS) is 14.3. The number of thiophene rings is 2. The Morgan fingerprint density at radius 1 is 0.763 bits per heavy atom. The summed E-state index contributed by atoms with van der Waals surface area (Å²) in [6.07, 6.45) is 0.0200. The molecule has 0 radical (unpaired) electrons. The molecule has 0 bridgehead atoms. The van der Waals surface area contributed by atoms with Gasteiger partial charge in [0.2, 0.25) is 0 Å². The highest BCUT2D eigenvalue weighted by Crippen LogP contribution is 2.27. The maximum Gasteiger partial charge on any atom is 0.271 e. The molecule has 14 heteroatoms. The number of rotatable bonds is 8. The largest absolute Gasteiger partial charge is 0.294 e. The molecule has 38 heavy (non-hydrogen) atoms. The molecule has 0 aliphatic heterocycles. The summed E-state index contributed by atoms with van der Waals surface area (Å²) in [7, 11) is -7.97. The molecule has 0 atom stereocenters. The van der Waals surface area contributed by atoms with Gasteiger partial charge in [0.25, 0.3) is 26.0 Å². The van der Waals surface area contributed by atoms with E-state index in [4.69, 9.17) is 0 Å². The first kappa shape index (κ1) is 25.8. The van der Waals surface area contributed by atoms with Crippen LogP contribution in [0.1, 0.15) is 32.7 Å². The SMILES string of the molecule is O=C(N/N=C1/CC(=O)c2ccccc21)c1cc(NS(=O)(=O)c2cccs2)cc(NS(=O)(=O)c2cccs2)c1. The Labute approximate surface area is 226 Å². The summed E-state index contributed by atoms with van der Waals surface area (Å²) in [5.41, 5.74) is 3.74. The van der Waals surface area contributed by atoms with Gasteiger partial charge < -0.3 is 0 Å². The molecule has 2 heterocycles. The van der Waals surface area contributed by atoms with Crippen LogP contribution in [0.15, 0.2) is 91.0 Å². The highest BCUT2D eigenvalue weighted by Gasteiger charge is 2.25. The third-order valence-corrected chi connectivity index (χ3v) is 10.9. The van der Waals surface area contributed by atoms with Crippen LogP contribution in [0.5, 0.6) is 0 Å². The van der Waals surface area contributed by atoms with Gasteiger partial charge in [-0.05, 0) is 41.1 Å². The molecular weight excluding hydrogens is 569 g/mol. The van der Waals surface area contributed by atoms with Crippen LogP contribution in [0.2, 0.25) is 0 Å². The summed E-state index contributed by atoms with van der Waals surface area (Å²) in [5, 5.41) is 7.31. The van der Waals surface area contributed by atoms with Gasteiger partial charge in [-0.15, -0.1) is 22.7 Å². The first-order valence-electron chi connectivity index (χ1n) is 10.9. The lowest BCUT2D eigenvalue weighted by Gasteiger charge is -2.13. The van der Waals surface area contributed by atoms with Gasteiger partial charge in [-0.2, -0.15) is 5.10 Å². The van der Waals surface area contributed by atoms with Crippen molar-refractivity contribution in [2.75, 3.05) is 9.44 Å². The highest BCUT2D eigenvalue weighted by molar-refractivity contribution is 7.95. The van der Waals surface area contributed by atoms with E-state index in [1.54, 1.807) is 47.2 Å². The van der Waals surface area contributed by atoms with Gasteiger partial charge >= 0.3 is 0 Å². The number of hydrogen-bond donors (Lipinski definition) is 3. The molecule has 1 amide bonds. The number of amides is 1. The maximum atomic E-state index is 13.0. The van der Waals surface area contributed by atoms with Gasteiger partial charge in [0, 0.05) is 16.7 Å². The van der Waals surface area contributed by atoms with Crippen molar-refractivity contribution >= 4 is 71.5 Å². The summed E-state index contributed by atoms with van der Waals surface area (Å²) in [6.45, 7) is 0. The van der Waals surface area contributed by atoms with E-state index in [2.05, 4.69) is 20.0 Å². The van der Waals surface area contributed by atoms with E-state index in [0.29, 0.717) is 16.8 Å². The van der Waals surface area contributed by atoms with Crippen LogP contribution >= 0.6 is 22.7 Å². The van der Waals surface area contributed by atoms with Crippen molar-refractivity contribution < 1.29 is 26.4 Å².